The van der Waals surface area contributed by atoms with Gasteiger partial charge in [-0.2, -0.15) is 0 Å². The number of aryl methyl sites for hydroxylation is 1. The molecule has 1 aliphatic rings. The van der Waals surface area contributed by atoms with Crippen molar-refractivity contribution < 1.29 is 4.79 Å². The maximum Gasteiger partial charge on any atom is 0.265 e. The van der Waals surface area contributed by atoms with E-state index in [0.717, 1.165) is 42.8 Å². The van der Waals surface area contributed by atoms with Crippen LogP contribution in [0.15, 0.2) is 48.5 Å². The smallest absolute Gasteiger partial charge is 0.265 e. The quantitative estimate of drug-likeness (QED) is 0.646. The molecule has 0 atom stereocenters. The number of hydrogen-bond donors (Lipinski definition) is 0. The molecule has 1 saturated heterocycles. The summed E-state index contributed by atoms with van der Waals surface area (Å²) in [5, 5.41) is 1.58. The van der Waals surface area contributed by atoms with Gasteiger partial charge in [0.2, 0.25) is 0 Å². The number of hydrogen-bond acceptors (Lipinski definition) is 3. The van der Waals surface area contributed by atoms with E-state index in [4.69, 9.17) is 11.6 Å². The molecule has 0 N–H and O–H groups in total. The first kappa shape index (κ1) is 17.5. The molecular weight excluding hydrogens is 364 g/mol. The minimum absolute atomic E-state index is 0.0632. The van der Waals surface area contributed by atoms with Crippen LogP contribution in [0.1, 0.15) is 20.8 Å². The molecule has 0 unspecified atom stereocenters. The molecule has 0 radical (unpaired) electrons. The van der Waals surface area contributed by atoms with Gasteiger partial charge in [0.15, 0.2) is 0 Å². The van der Waals surface area contributed by atoms with Crippen LogP contribution in [0, 0.1) is 6.92 Å². The molecule has 0 aliphatic carbocycles. The average molecular weight is 385 g/mol. The molecular formula is C21H21ClN2OS. The van der Waals surface area contributed by atoms with E-state index in [9.17, 15) is 4.79 Å². The molecule has 1 fully saturated rings. The Hall–Kier alpha value is -1.88. The molecule has 2 aromatic carbocycles. The summed E-state index contributed by atoms with van der Waals surface area (Å²) in [5.41, 5.74) is 2.50. The minimum atomic E-state index is 0.0632. The van der Waals surface area contributed by atoms with Crippen molar-refractivity contribution in [3.63, 3.8) is 0 Å². The Labute approximate surface area is 162 Å². The van der Waals surface area contributed by atoms with Gasteiger partial charge in [-0.15, -0.1) is 11.3 Å². The van der Waals surface area contributed by atoms with Crippen molar-refractivity contribution in [2.24, 2.45) is 0 Å². The van der Waals surface area contributed by atoms with Gasteiger partial charge in [-0.25, -0.2) is 0 Å². The third-order valence-corrected chi connectivity index (χ3v) is 6.53. The SMILES string of the molecule is Cc1ccc2c(Cl)c(C(=O)N3CCN(Cc4ccccc4)CC3)sc2c1. The Bertz CT molecular complexity index is 930. The van der Waals surface area contributed by atoms with E-state index in [1.807, 2.05) is 23.1 Å². The summed E-state index contributed by atoms with van der Waals surface area (Å²) in [4.78, 5) is 18.0. The first-order valence-electron chi connectivity index (χ1n) is 8.86. The molecule has 1 aromatic heterocycles. The number of carbonyl (C=O) groups excluding carboxylic acids is 1. The standard InChI is InChI=1S/C21H21ClN2OS/c1-15-7-8-17-18(13-15)26-20(19(17)22)21(25)24-11-9-23(10-12-24)14-16-5-3-2-4-6-16/h2-8,13H,9-12,14H2,1H3. The summed E-state index contributed by atoms with van der Waals surface area (Å²) in [6.07, 6.45) is 0. The Balaban J connectivity index is 1.44. The van der Waals surface area contributed by atoms with Gasteiger partial charge >= 0.3 is 0 Å². The summed E-state index contributed by atoms with van der Waals surface area (Å²) >= 11 is 8.02. The topological polar surface area (TPSA) is 23.6 Å². The third-order valence-electron chi connectivity index (χ3n) is 4.89. The molecule has 26 heavy (non-hydrogen) atoms. The fourth-order valence-electron chi connectivity index (χ4n) is 3.40. The van der Waals surface area contributed by atoms with Crippen LogP contribution < -0.4 is 0 Å². The van der Waals surface area contributed by atoms with Gasteiger partial charge in [0, 0.05) is 42.8 Å². The van der Waals surface area contributed by atoms with Crippen molar-refractivity contribution >= 4 is 38.9 Å². The van der Waals surface area contributed by atoms with Gasteiger partial charge in [0.05, 0.1) is 5.02 Å². The molecule has 2 heterocycles. The van der Waals surface area contributed by atoms with E-state index in [2.05, 4.69) is 42.2 Å². The zero-order valence-corrected chi connectivity index (χ0v) is 16.3. The molecule has 1 aliphatic heterocycles. The van der Waals surface area contributed by atoms with Gasteiger partial charge < -0.3 is 4.90 Å². The Kier molecular flexibility index (Phi) is 4.98. The lowest BCUT2D eigenvalue weighted by Crippen LogP contribution is -2.48. The normalized spacial score (nSPS) is 15.5. The number of rotatable bonds is 3. The highest BCUT2D eigenvalue weighted by molar-refractivity contribution is 7.21. The predicted octanol–water partition coefficient (Wildman–Crippen LogP) is 4.82. The number of fused-ring (bicyclic) bond motifs is 1. The molecule has 5 heteroatoms. The zero-order chi connectivity index (χ0) is 18.1. The second-order valence-corrected chi connectivity index (χ2v) is 8.23. The highest BCUT2D eigenvalue weighted by atomic mass is 35.5. The number of benzene rings is 2. The zero-order valence-electron chi connectivity index (χ0n) is 14.7. The maximum atomic E-state index is 13.0. The second kappa shape index (κ2) is 7.39. The molecule has 0 spiro atoms. The largest absolute Gasteiger partial charge is 0.335 e. The lowest BCUT2D eigenvalue weighted by Gasteiger charge is -2.34. The Morgan fingerprint density at radius 3 is 2.54 bits per heavy atom. The molecule has 3 nitrogen and oxygen atoms in total. The van der Waals surface area contributed by atoms with Gasteiger partial charge in [-0.1, -0.05) is 54.1 Å². The van der Waals surface area contributed by atoms with E-state index in [0.29, 0.717) is 9.90 Å². The van der Waals surface area contributed by atoms with Crippen LogP contribution in [0.5, 0.6) is 0 Å². The van der Waals surface area contributed by atoms with Crippen LogP contribution in [0.4, 0.5) is 0 Å². The predicted molar refractivity (Wildman–Crippen MR) is 109 cm³/mol. The summed E-state index contributed by atoms with van der Waals surface area (Å²) in [6, 6.07) is 16.6. The number of nitrogens with zero attached hydrogens (tertiary/aromatic N) is 2. The first-order chi connectivity index (χ1) is 12.6. The van der Waals surface area contributed by atoms with Crippen molar-refractivity contribution in [3.8, 4) is 0 Å². The fraction of sp³-hybridized carbons (Fsp3) is 0.286. The number of piperazine rings is 1. The molecule has 1 amide bonds. The number of amides is 1. The number of halogens is 1. The van der Waals surface area contributed by atoms with Gasteiger partial charge in [0.1, 0.15) is 4.88 Å². The van der Waals surface area contributed by atoms with E-state index < -0.39 is 0 Å². The third kappa shape index (κ3) is 3.50. The van der Waals surface area contributed by atoms with E-state index in [1.54, 1.807) is 0 Å². The molecule has 3 aromatic rings. The Morgan fingerprint density at radius 1 is 1.08 bits per heavy atom. The van der Waals surface area contributed by atoms with Crippen LogP contribution >= 0.6 is 22.9 Å². The molecule has 0 bridgehead atoms. The summed E-state index contributed by atoms with van der Waals surface area (Å²) in [7, 11) is 0. The fourth-order valence-corrected chi connectivity index (χ4v) is 4.98. The minimum Gasteiger partial charge on any atom is -0.335 e. The second-order valence-electron chi connectivity index (χ2n) is 6.80. The van der Waals surface area contributed by atoms with Crippen LogP contribution in [-0.4, -0.2) is 41.9 Å². The lowest BCUT2D eigenvalue weighted by molar-refractivity contribution is 0.0633. The maximum absolute atomic E-state index is 13.0. The summed E-state index contributed by atoms with van der Waals surface area (Å²) < 4.78 is 1.08. The van der Waals surface area contributed by atoms with Crippen LogP contribution in [0.2, 0.25) is 5.02 Å². The van der Waals surface area contributed by atoms with Crippen molar-refractivity contribution in [1.29, 1.82) is 0 Å². The van der Waals surface area contributed by atoms with Gasteiger partial charge in [-0.05, 0) is 24.1 Å². The lowest BCUT2D eigenvalue weighted by atomic mass is 10.2. The van der Waals surface area contributed by atoms with Crippen LogP contribution in [-0.2, 0) is 6.54 Å². The average Bonchev–Trinajstić information content (AvgIpc) is 2.98. The summed E-state index contributed by atoms with van der Waals surface area (Å²) in [6.45, 7) is 6.27. The van der Waals surface area contributed by atoms with E-state index in [1.165, 1.54) is 22.5 Å². The monoisotopic (exact) mass is 384 g/mol. The number of carbonyl (C=O) groups is 1. The van der Waals surface area contributed by atoms with E-state index >= 15 is 0 Å². The van der Waals surface area contributed by atoms with Gasteiger partial charge in [0.25, 0.3) is 5.91 Å². The number of thiophene rings is 1. The molecule has 4 rings (SSSR count). The van der Waals surface area contributed by atoms with Crippen molar-refractivity contribution in [1.82, 2.24) is 9.80 Å². The van der Waals surface area contributed by atoms with E-state index in [-0.39, 0.29) is 5.91 Å². The molecule has 0 saturated carbocycles. The van der Waals surface area contributed by atoms with Crippen LogP contribution in [0.25, 0.3) is 10.1 Å². The van der Waals surface area contributed by atoms with Crippen molar-refractivity contribution in [2.75, 3.05) is 26.2 Å². The highest BCUT2D eigenvalue weighted by Crippen LogP contribution is 2.36. The first-order valence-corrected chi connectivity index (χ1v) is 10.1. The van der Waals surface area contributed by atoms with Crippen molar-refractivity contribution in [3.05, 3.63) is 69.6 Å². The molecule has 134 valence electrons. The summed E-state index contributed by atoms with van der Waals surface area (Å²) in [5.74, 6) is 0.0632. The van der Waals surface area contributed by atoms with Crippen molar-refractivity contribution in [2.45, 2.75) is 13.5 Å². The van der Waals surface area contributed by atoms with Gasteiger partial charge in [-0.3, -0.25) is 9.69 Å². The highest BCUT2D eigenvalue weighted by Gasteiger charge is 2.26. The van der Waals surface area contributed by atoms with Crippen LogP contribution in [0.3, 0.4) is 0 Å². The Morgan fingerprint density at radius 2 is 1.81 bits per heavy atom.